The number of rotatable bonds is 44. The Bertz CT molecular complexity index is 7100. The summed E-state index contributed by atoms with van der Waals surface area (Å²) in [6.07, 6.45) is -2.98. The number of benzene rings is 11. The molecule has 0 aliphatic heterocycles. The number of methoxy groups -OCH3 is 2. The van der Waals surface area contributed by atoms with Gasteiger partial charge < -0.3 is 71.7 Å². The fraction of sp³-hybridized carbons (Fsp3) is 0.205. The highest BCUT2D eigenvalue weighted by Gasteiger charge is 2.28. The maximum atomic E-state index is 12.8. The average molecular weight is 2070 g/mol. The topological polar surface area (TPSA) is 789 Å². The smallest absolute Gasteiger partial charge is 0.297 e. The third-order valence-corrected chi connectivity index (χ3v) is 24.8. The minimum Gasteiger partial charge on any atom is -0.505 e. The van der Waals surface area contributed by atoms with E-state index in [0.29, 0.717) is 86.4 Å². The van der Waals surface area contributed by atoms with Gasteiger partial charge in [0.1, 0.15) is 88.1 Å². The Morgan fingerprint density at radius 2 is 0.725 bits per heavy atom. The van der Waals surface area contributed by atoms with Gasteiger partial charge in [-0.3, -0.25) is 27.8 Å². The van der Waals surface area contributed by atoms with Crippen molar-refractivity contribution < 1.29 is 170 Å². The molecule has 0 aromatic heterocycles. The van der Waals surface area contributed by atoms with Crippen LogP contribution in [-0.4, -0.2) is 181 Å². The number of amides is 2. The van der Waals surface area contributed by atoms with Crippen molar-refractivity contribution >= 4 is 212 Å². The maximum Gasteiger partial charge on any atom is 0.297 e. The standard InChI is InChI=1S/C46H49N9O21S4.C32H29N7O15S4/c1-23-11-36(38(71-9-7-42(60)48-19-27(58)21-56)17-34(23)51-50-33-6-3-25-13-29(77-75-73-63)4-5-30(25)46(33)80(68,69)70)53-52-35-18-39(72-10-8-43(61)49-20-28(59)22-57)37(12-24(35)2)54-55-44-40(78-76-74-64)14-26-15-41(79(65,66)67)32(47)16-31(26)45(44)62;1-15-7-23(26(49-3)14-22(15)35-38-25-11-18(55-53-51-41)5-6-29(25)57(43,44)45)36-34-21-13-27(50-4)24(8-16(21)2)37-39-31-28(56-54-52-42)9-17-10-30(58(46,47)48)20(33)12-19(17)32(31)40/h3-6,11-18,27-28,56-59,62-64H,7-10,19-22,47H2,1-2H3,(H,48,60)(H,49,61)(H,65,66,67)(H,68,69,70);5-14,40-42H,33H2,1-4H3,(H,43,44,45)(H,46,47,48). The Hall–Kier alpha value is -12.5. The molecule has 734 valence electrons. The number of phenolic OH excluding ortho intramolecular Hbond substituents is 2. The van der Waals surface area contributed by atoms with Crippen molar-refractivity contribution in [2.45, 2.75) is 91.9 Å². The summed E-state index contributed by atoms with van der Waals surface area (Å²) in [6, 6.07) is 29.2. The summed E-state index contributed by atoms with van der Waals surface area (Å²) in [7, 11) is -16.4. The number of hydrogen-bond donors (Lipinski definition) is 18. The van der Waals surface area contributed by atoms with Gasteiger partial charge in [-0.25, -0.2) is 21.0 Å². The lowest BCUT2D eigenvalue weighted by Crippen LogP contribution is -2.34. The first-order valence-electron chi connectivity index (χ1n) is 38.5. The van der Waals surface area contributed by atoms with Crippen molar-refractivity contribution in [1.29, 1.82) is 0 Å². The Kier molecular flexibility index (Phi) is 38.0. The van der Waals surface area contributed by atoms with Gasteiger partial charge >= 0.3 is 0 Å². The van der Waals surface area contributed by atoms with Crippen molar-refractivity contribution in [2.24, 2.45) is 61.4 Å². The first-order chi connectivity index (χ1) is 65.5. The summed E-state index contributed by atoms with van der Waals surface area (Å²) >= 11 is 1.88. The van der Waals surface area contributed by atoms with Gasteiger partial charge in [0, 0.05) is 63.3 Å². The highest BCUT2D eigenvalue weighted by molar-refractivity contribution is 7.95. The number of phenols is 2. The molecule has 0 heterocycles. The van der Waals surface area contributed by atoms with E-state index in [4.69, 9.17) is 61.7 Å². The van der Waals surface area contributed by atoms with Crippen LogP contribution in [0.3, 0.4) is 0 Å². The van der Waals surface area contributed by atoms with E-state index in [1.807, 2.05) is 0 Å². The van der Waals surface area contributed by atoms with E-state index >= 15 is 0 Å². The number of aliphatic hydroxyl groups is 4. The number of aromatic hydroxyl groups is 2. The maximum absolute atomic E-state index is 12.8. The molecule has 60 heteroatoms. The van der Waals surface area contributed by atoms with Crippen LogP contribution in [0.5, 0.6) is 34.5 Å². The van der Waals surface area contributed by atoms with Crippen LogP contribution < -0.4 is 41.0 Å². The number of aryl methyl sites for hydroxylation is 4. The van der Waals surface area contributed by atoms with Crippen LogP contribution in [0, 0.1) is 27.7 Å². The number of nitrogens with zero attached hydrogens (tertiary/aromatic N) is 12. The van der Waals surface area contributed by atoms with Gasteiger partial charge in [-0.2, -0.15) is 54.1 Å². The highest BCUT2D eigenvalue weighted by atomic mass is 32.2. The SMILES string of the molecule is COc1cc(N=Nc2cc(SOOO)ccc2S(=O)(=O)O)c(C)cc1N=Nc1cc(OC)c(N=Nc2c(SOOO)cc3cc(S(=O)(=O)O)c(N)cc3c2O)cc1C.Cc1cc(N=Nc2c(SOOO)cc3cc(S(=O)(=O)O)c(N)cc3c2O)c(OCCC(=O)NCC(O)CO)cc1N=Nc1cc(C)c(N=Nc2ccc3cc(SOOO)ccc3c2S(=O)(=O)O)cc1OCCC(=O)NCC(O)CO. The minimum atomic E-state index is -4.93. The number of carbonyl (C=O) groups is 2. The molecule has 0 bridgehead atoms. The molecule has 11 aromatic rings. The second-order valence-corrected chi connectivity index (χ2v) is 36.7. The van der Waals surface area contributed by atoms with Crippen molar-refractivity contribution in [2.75, 3.05) is 65.2 Å². The van der Waals surface area contributed by atoms with Gasteiger partial charge in [0.15, 0.2) is 11.5 Å². The number of nitrogen functional groups attached to an aromatic ring is 2. The molecule has 11 rings (SSSR count). The zero-order chi connectivity index (χ0) is 101. The molecule has 11 aromatic carbocycles. The molecule has 2 amide bonds. The number of nitrogens with one attached hydrogen (secondary N) is 2. The molecule has 0 saturated heterocycles. The van der Waals surface area contributed by atoms with E-state index in [-0.39, 0.29) is 172 Å². The summed E-state index contributed by atoms with van der Waals surface area (Å²) in [5.74, 6) is -1.98. The van der Waals surface area contributed by atoms with Gasteiger partial charge in [0.05, 0.1) is 158 Å². The number of fused-ring (bicyclic) bond motifs is 3. The van der Waals surface area contributed by atoms with E-state index < -0.39 is 114 Å². The van der Waals surface area contributed by atoms with Crippen LogP contribution in [0.4, 0.5) is 79.6 Å². The van der Waals surface area contributed by atoms with E-state index in [0.717, 1.165) is 30.3 Å². The molecule has 0 saturated carbocycles. The number of hydrogen-bond acceptors (Lipinski definition) is 50. The number of anilines is 2. The van der Waals surface area contributed by atoms with Gasteiger partial charge in [0.2, 0.25) is 11.8 Å². The molecule has 138 heavy (non-hydrogen) atoms. The van der Waals surface area contributed by atoms with Gasteiger partial charge in [0.25, 0.3) is 40.5 Å². The van der Waals surface area contributed by atoms with Crippen molar-refractivity contribution in [3.05, 3.63) is 156 Å². The molecule has 0 fully saturated rings. The molecule has 2 unspecified atom stereocenters. The summed E-state index contributed by atoms with van der Waals surface area (Å²) in [6.45, 7) is 4.26. The number of ether oxygens (including phenoxy) is 4. The van der Waals surface area contributed by atoms with Crippen LogP contribution in [0.2, 0.25) is 0 Å². The number of nitrogens with two attached hydrogens (primary N) is 2. The second kappa shape index (κ2) is 48.7. The van der Waals surface area contributed by atoms with Crippen LogP contribution in [0.15, 0.2) is 234 Å². The van der Waals surface area contributed by atoms with E-state index in [1.54, 1.807) is 39.8 Å². The molecule has 0 spiro atoms. The predicted molar refractivity (Wildman–Crippen MR) is 488 cm³/mol. The molecule has 2 atom stereocenters. The first-order valence-corrected chi connectivity index (χ1v) is 47.2. The third-order valence-electron chi connectivity index (χ3n) is 18.7. The van der Waals surface area contributed by atoms with Gasteiger partial charge in [-0.1, -0.05) is 32.3 Å². The van der Waals surface area contributed by atoms with E-state index in [2.05, 4.69) is 109 Å². The Labute approximate surface area is 796 Å². The van der Waals surface area contributed by atoms with Crippen LogP contribution in [-0.2, 0) is 87.5 Å². The molecule has 52 nitrogen and oxygen atoms in total. The zero-order valence-electron chi connectivity index (χ0n) is 71.5. The number of azo groups is 6. The summed E-state index contributed by atoms with van der Waals surface area (Å²) in [5, 5.41) is 166. The molecule has 0 aliphatic carbocycles. The summed E-state index contributed by atoms with van der Waals surface area (Å²) in [5.41, 5.74) is 13.0. The Morgan fingerprint density at radius 1 is 0.377 bits per heavy atom. The Morgan fingerprint density at radius 3 is 1.10 bits per heavy atom. The van der Waals surface area contributed by atoms with E-state index in [9.17, 15) is 81.9 Å². The third kappa shape index (κ3) is 28.6. The number of aliphatic hydroxyl groups excluding tert-OH is 4. The molecular weight excluding hydrogens is 1990 g/mol. The molecular formula is C78H78N16O36S8. The lowest BCUT2D eigenvalue weighted by molar-refractivity contribution is -0.432. The average Bonchev–Trinajstić information content (AvgIpc) is 0.763. The van der Waals surface area contributed by atoms with Crippen molar-refractivity contribution in [3.63, 3.8) is 0 Å². The monoisotopic (exact) mass is 2070 g/mol. The summed E-state index contributed by atoms with van der Waals surface area (Å²) in [4.78, 5) is 23.4. The number of carbonyl (C=O) groups excluding carboxylic acids is 2. The first kappa shape index (κ1) is 108. The lowest BCUT2D eigenvalue weighted by atomic mass is 10.1. The van der Waals surface area contributed by atoms with Crippen molar-refractivity contribution in [3.8, 4) is 34.5 Å². The zero-order valence-corrected chi connectivity index (χ0v) is 78.1. The molecule has 20 N–H and O–H groups in total. The van der Waals surface area contributed by atoms with Crippen LogP contribution in [0.25, 0.3) is 32.3 Å². The normalized spacial score (nSPS) is 12.7. The lowest BCUT2D eigenvalue weighted by Gasteiger charge is -2.13. The largest absolute Gasteiger partial charge is 0.505 e. The highest BCUT2D eigenvalue weighted by Crippen LogP contribution is 2.51. The van der Waals surface area contributed by atoms with Crippen LogP contribution in [0.1, 0.15) is 35.1 Å². The molecule has 0 aliphatic rings. The minimum absolute atomic E-state index is 0.00254. The molecule has 0 radical (unpaired) electrons. The fourth-order valence-corrected chi connectivity index (χ4v) is 16.6. The Balaban J connectivity index is 0.000000299. The van der Waals surface area contributed by atoms with Crippen molar-refractivity contribution in [1.82, 2.24) is 10.6 Å². The van der Waals surface area contributed by atoms with Gasteiger partial charge in [-0.05, 0) is 163 Å². The second-order valence-electron chi connectivity index (χ2n) is 28.1. The fourth-order valence-electron chi connectivity index (χ4n) is 12.1. The summed E-state index contributed by atoms with van der Waals surface area (Å²) < 4.78 is 177. The predicted octanol–water partition coefficient (Wildman–Crippen LogP) is 16.3. The van der Waals surface area contributed by atoms with E-state index in [1.165, 1.54) is 105 Å². The quantitative estimate of drug-likeness (QED) is 0.00421. The van der Waals surface area contributed by atoms with Gasteiger partial charge in [-0.15, -0.1) is 58.2 Å². The van der Waals surface area contributed by atoms with Crippen LogP contribution >= 0.6 is 48.2 Å².